The molecule has 0 saturated carbocycles. The summed E-state index contributed by atoms with van der Waals surface area (Å²) in [4.78, 5) is 17.6. The number of para-hydroxylation sites is 1. The third-order valence-corrected chi connectivity index (χ3v) is 3.11. The van der Waals surface area contributed by atoms with Crippen LogP contribution in [0.4, 0.5) is 5.69 Å². The highest BCUT2D eigenvalue weighted by Gasteiger charge is 2.24. The second-order valence-corrected chi connectivity index (χ2v) is 4.60. The van der Waals surface area contributed by atoms with E-state index >= 15 is 0 Å². The smallest absolute Gasteiger partial charge is 0.231 e. The van der Waals surface area contributed by atoms with Gasteiger partial charge in [0.1, 0.15) is 0 Å². The fraction of sp³-hybridized carbons (Fsp3) is 0. The van der Waals surface area contributed by atoms with Crippen molar-refractivity contribution in [3.05, 3.63) is 66.2 Å². The molecule has 2 heterocycles. The van der Waals surface area contributed by atoms with Crippen molar-refractivity contribution in [1.29, 1.82) is 0 Å². The van der Waals surface area contributed by atoms with Crippen LogP contribution in [0, 0.1) is 0 Å². The van der Waals surface area contributed by atoms with Crippen molar-refractivity contribution < 1.29 is 0 Å². The molecule has 2 aromatic rings. The molecule has 4 rings (SSSR count). The van der Waals surface area contributed by atoms with Gasteiger partial charge >= 0.3 is 0 Å². The van der Waals surface area contributed by atoms with Crippen LogP contribution in [0.15, 0.2) is 80.6 Å². The van der Waals surface area contributed by atoms with Crippen molar-refractivity contribution in [2.45, 2.75) is 0 Å². The van der Waals surface area contributed by atoms with Crippen LogP contribution in [-0.4, -0.2) is 23.5 Å². The van der Waals surface area contributed by atoms with E-state index in [9.17, 15) is 0 Å². The fourth-order valence-corrected chi connectivity index (χ4v) is 2.12. The van der Waals surface area contributed by atoms with Crippen molar-refractivity contribution in [1.82, 2.24) is 0 Å². The summed E-state index contributed by atoms with van der Waals surface area (Å²) in [6.45, 7) is 0. The Morgan fingerprint density at radius 1 is 0.571 bits per heavy atom. The maximum absolute atomic E-state index is 4.42. The van der Waals surface area contributed by atoms with Gasteiger partial charge in [-0.3, -0.25) is 0 Å². The Labute approximate surface area is 121 Å². The first-order chi connectivity index (χ1) is 10.4. The molecule has 0 unspecified atom stereocenters. The summed E-state index contributed by atoms with van der Waals surface area (Å²) >= 11 is 0. The molecule has 0 fully saturated rings. The number of hydrogen-bond acceptors (Lipinski definition) is 5. The van der Waals surface area contributed by atoms with Crippen molar-refractivity contribution >= 4 is 29.2 Å². The van der Waals surface area contributed by atoms with Gasteiger partial charge < -0.3 is 5.32 Å². The number of anilines is 1. The van der Waals surface area contributed by atoms with E-state index in [-0.39, 0.29) is 0 Å². The van der Waals surface area contributed by atoms with E-state index in [1.807, 2.05) is 60.7 Å². The van der Waals surface area contributed by atoms with Crippen LogP contribution >= 0.6 is 0 Å². The summed E-state index contributed by atoms with van der Waals surface area (Å²) in [6.07, 6.45) is 0. The predicted molar refractivity (Wildman–Crippen MR) is 85.3 cm³/mol. The number of fused-ring (bicyclic) bond motifs is 1. The molecule has 0 atom stereocenters. The number of amidine groups is 3. The van der Waals surface area contributed by atoms with E-state index in [2.05, 4.69) is 25.3 Å². The van der Waals surface area contributed by atoms with Gasteiger partial charge in [-0.25, -0.2) is 9.98 Å². The molecule has 2 aromatic carbocycles. The van der Waals surface area contributed by atoms with Gasteiger partial charge in [0.2, 0.25) is 17.6 Å². The summed E-state index contributed by atoms with van der Waals surface area (Å²) < 4.78 is 0. The van der Waals surface area contributed by atoms with Crippen LogP contribution in [0.2, 0.25) is 0 Å². The molecule has 0 saturated heterocycles. The molecule has 0 aromatic heterocycles. The number of nitrogens with one attached hydrogen (secondary N) is 1. The van der Waals surface area contributed by atoms with Gasteiger partial charge in [-0.2, -0.15) is 9.98 Å². The Bertz CT molecular complexity index is 801. The molecule has 0 bridgehead atoms. The third-order valence-electron chi connectivity index (χ3n) is 3.11. The normalized spacial score (nSPS) is 15.8. The van der Waals surface area contributed by atoms with E-state index in [0.717, 1.165) is 11.3 Å². The van der Waals surface area contributed by atoms with E-state index in [0.29, 0.717) is 23.5 Å². The maximum Gasteiger partial charge on any atom is 0.231 e. The summed E-state index contributed by atoms with van der Waals surface area (Å²) in [5.41, 5.74) is 1.91. The van der Waals surface area contributed by atoms with Crippen LogP contribution in [0.25, 0.3) is 0 Å². The monoisotopic (exact) mass is 273 g/mol. The zero-order valence-corrected chi connectivity index (χ0v) is 11.1. The second kappa shape index (κ2) is 4.79. The summed E-state index contributed by atoms with van der Waals surface area (Å²) in [5.74, 6) is 2.30. The zero-order chi connectivity index (χ0) is 14.1. The number of aliphatic imine (C=N–C) groups is 4. The lowest BCUT2D eigenvalue weighted by atomic mass is 10.2. The van der Waals surface area contributed by atoms with Crippen LogP contribution in [0.1, 0.15) is 5.56 Å². The number of rotatable bonds is 2. The maximum atomic E-state index is 4.42. The Hall–Kier alpha value is -3.08. The molecule has 21 heavy (non-hydrogen) atoms. The highest BCUT2D eigenvalue weighted by molar-refractivity contribution is 6.53. The highest BCUT2D eigenvalue weighted by Crippen LogP contribution is 2.15. The highest BCUT2D eigenvalue weighted by atomic mass is 15.3. The molecular weight excluding hydrogens is 262 g/mol. The van der Waals surface area contributed by atoms with Gasteiger partial charge in [0.25, 0.3) is 0 Å². The molecule has 0 radical (unpaired) electrons. The Kier molecular flexibility index (Phi) is 2.67. The van der Waals surface area contributed by atoms with Gasteiger partial charge in [-0.05, 0) is 12.1 Å². The van der Waals surface area contributed by atoms with Crippen LogP contribution in [0.3, 0.4) is 0 Å². The minimum atomic E-state index is 0.519. The van der Waals surface area contributed by atoms with Gasteiger partial charge in [0, 0.05) is 11.3 Å². The first kappa shape index (κ1) is 11.7. The quantitative estimate of drug-likeness (QED) is 0.898. The first-order valence-electron chi connectivity index (χ1n) is 6.61. The number of hydrogen-bond donors (Lipinski definition) is 1. The molecular formula is C16H11N5. The minimum Gasteiger partial charge on any atom is -0.324 e. The number of benzene rings is 2. The molecule has 5 nitrogen and oxygen atoms in total. The minimum absolute atomic E-state index is 0.519. The van der Waals surface area contributed by atoms with Gasteiger partial charge in [0.15, 0.2) is 5.84 Å². The molecule has 0 spiro atoms. The zero-order valence-electron chi connectivity index (χ0n) is 11.1. The third kappa shape index (κ3) is 2.25. The topological polar surface area (TPSA) is 61.5 Å². The lowest BCUT2D eigenvalue weighted by Crippen LogP contribution is -2.07. The SMILES string of the molecule is c1ccc(NC2=NC3=NC(c4ccccc4)=NC3=N2)cc1. The van der Waals surface area contributed by atoms with E-state index < -0.39 is 0 Å². The molecule has 2 aliphatic rings. The average Bonchev–Trinajstić information content (AvgIpc) is 3.07. The van der Waals surface area contributed by atoms with E-state index in [1.54, 1.807) is 0 Å². The molecule has 0 amide bonds. The summed E-state index contributed by atoms with van der Waals surface area (Å²) in [7, 11) is 0. The largest absolute Gasteiger partial charge is 0.324 e. The molecule has 5 heteroatoms. The van der Waals surface area contributed by atoms with Gasteiger partial charge in [-0.15, -0.1) is 0 Å². The Morgan fingerprint density at radius 3 is 1.90 bits per heavy atom. The van der Waals surface area contributed by atoms with Crippen LogP contribution < -0.4 is 5.32 Å². The van der Waals surface area contributed by atoms with Crippen molar-refractivity contribution in [3.63, 3.8) is 0 Å². The van der Waals surface area contributed by atoms with E-state index in [1.165, 1.54) is 0 Å². The lowest BCUT2D eigenvalue weighted by Gasteiger charge is -2.01. The number of nitrogens with zero attached hydrogens (tertiary/aromatic N) is 4. The first-order valence-corrected chi connectivity index (χ1v) is 6.61. The van der Waals surface area contributed by atoms with Crippen molar-refractivity contribution in [2.24, 2.45) is 20.0 Å². The Morgan fingerprint density at radius 2 is 1.19 bits per heavy atom. The average molecular weight is 273 g/mol. The van der Waals surface area contributed by atoms with Crippen LogP contribution in [-0.2, 0) is 0 Å². The predicted octanol–water partition coefficient (Wildman–Crippen LogP) is 2.73. The second-order valence-electron chi connectivity index (χ2n) is 4.60. The molecule has 2 aliphatic heterocycles. The summed E-state index contributed by atoms with van der Waals surface area (Å²) in [6, 6.07) is 19.6. The van der Waals surface area contributed by atoms with Crippen molar-refractivity contribution in [2.75, 3.05) is 5.32 Å². The lowest BCUT2D eigenvalue weighted by molar-refractivity contribution is 1.50. The Balaban J connectivity index is 1.57. The summed E-state index contributed by atoms with van der Waals surface area (Å²) in [5, 5.41) is 3.14. The number of guanidine groups is 1. The molecule has 1 N–H and O–H groups in total. The standard InChI is InChI=1S/C16H11N5/c1-3-7-11(8-4-1)13-18-14-15(19-13)21-16(20-14)17-12-9-5-2-6-10-12/h1-10H,(H,17,18,19,20,21). The van der Waals surface area contributed by atoms with Crippen LogP contribution in [0.5, 0.6) is 0 Å². The van der Waals surface area contributed by atoms with E-state index in [4.69, 9.17) is 0 Å². The van der Waals surface area contributed by atoms with Gasteiger partial charge in [-0.1, -0.05) is 48.5 Å². The van der Waals surface area contributed by atoms with Crippen molar-refractivity contribution in [3.8, 4) is 0 Å². The molecule has 100 valence electrons. The molecule has 0 aliphatic carbocycles. The van der Waals surface area contributed by atoms with Gasteiger partial charge in [0.05, 0.1) is 0 Å². The fourth-order valence-electron chi connectivity index (χ4n) is 2.12.